The number of carbonyl (C=O) groups excluding carboxylic acids is 2. The number of benzene rings is 1. The van der Waals surface area contributed by atoms with Crippen LogP contribution in [0.2, 0.25) is 0 Å². The largest absolute Gasteiger partial charge is 0.335 e. The zero-order valence-electron chi connectivity index (χ0n) is 13.0. The van der Waals surface area contributed by atoms with Crippen molar-refractivity contribution in [3.8, 4) is 0 Å². The fourth-order valence-electron chi connectivity index (χ4n) is 2.47. The van der Waals surface area contributed by atoms with Gasteiger partial charge in [-0.1, -0.05) is 43.7 Å². The number of likely N-dealkylation sites (tertiary alicyclic amines) is 1. The van der Waals surface area contributed by atoms with Crippen molar-refractivity contribution in [2.45, 2.75) is 37.9 Å². The summed E-state index contributed by atoms with van der Waals surface area (Å²) < 4.78 is 12.6. The number of unbranched alkanes of at least 4 members (excludes halogenated alkanes) is 1. The Hall–Kier alpha value is -1.49. The highest BCUT2D eigenvalue weighted by Gasteiger charge is 2.28. The molecule has 1 saturated heterocycles. The predicted octanol–water partition coefficient (Wildman–Crippen LogP) is 2.47. The van der Waals surface area contributed by atoms with Gasteiger partial charge in [0.15, 0.2) is 5.78 Å². The molecule has 120 valence electrons. The Morgan fingerprint density at radius 3 is 2.59 bits per heavy atom. The molecule has 1 amide bonds. The molecular formula is C17H23NO3S. The maximum Gasteiger partial charge on any atom is 0.224 e. The first-order valence-corrected chi connectivity index (χ1v) is 9.21. The third kappa shape index (κ3) is 4.50. The highest BCUT2D eigenvalue weighted by atomic mass is 32.2. The second kappa shape index (κ2) is 8.22. The minimum atomic E-state index is -1.06. The fourth-order valence-corrected chi connectivity index (χ4v) is 4.16. The molecule has 0 N–H and O–H groups in total. The van der Waals surface area contributed by atoms with Crippen LogP contribution in [-0.4, -0.2) is 39.6 Å². The van der Waals surface area contributed by atoms with E-state index in [1.165, 1.54) is 0 Å². The number of nitrogens with zero attached hydrogens (tertiary/aromatic N) is 1. The van der Waals surface area contributed by atoms with Gasteiger partial charge in [0.05, 0.1) is 11.8 Å². The fraction of sp³-hybridized carbons (Fsp3) is 0.529. The van der Waals surface area contributed by atoms with Gasteiger partial charge in [-0.25, -0.2) is 0 Å². The zero-order chi connectivity index (χ0) is 15.9. The molecule has 22 heavy (non-hydrogen) atoms. The van der Waals surface area contributed by atoms with Crippen LogP contribution in [0.1, 0.15) is 43.4 Å². The maximum absolute atomic E-state index is 12.6. The first-order valence-electron chi connectivity index (χ1n) is 7.83. The van der Waals surface area contributed by atoms with Crippen molar-refractivity contribution < 1.29 is 13.8 Å². The molecule has 2 rings (SSSR count). The van der Waals surface area contributed by atoms with E-state index in [-0.39, 0.29) is 29.9 Å². The normalized spacial score (nSPS) is 17.0. The molecule has 2 unspecified atom stereocenters. The lowest BCUT2D eigenvalue weighted by Crippen LogP contribution is -2.46. The number of ketones is 1. The van der Waals surface area contributed by atoms with Gasteiger partial charge in [0.1, 0.15) is 0 Å². The number of amides is 1. The van der Waals surface area contributed by atoms with Crippen molar-refractivity contribution >= 4 is 22.5 Å². The highest BCUT2D eigenvalue weighted by Crippen LogP contribution is 2.25. The maximum atomic E-state index is 12.6. The molecule has 0 aromatic heterocycles. The Kier molecular flexibility index (Phi) is 6.31. The van der Waals surface area contributed by atoms with E-state index < -0.39 is 10.8 Å². The van der Waals surface area contributed by atoms with E-state index in [0.29, 0.717) is 18.7 Å². The number of rotatable bonds is 9. The summed E-state index contributed by atoms with van der Waals surface area (Å²) in [6.07, 6.45) is 2.67. The number of hydrogen-bond donors (Lipinski definition) is 0. The third-order valence-electron chi connectivity index (χ3n) is 3.92. The Bertz CT molecular complexity index is 544. The second-order valence-electron chi connectivity index (χ2n) is 5.65. The molecule has 4 nitrogen and oxygen atoms in total. The Labute approximate surface area is 134 Å². The van der Waals surface area contributed by atoms with Crippen molar-refractivity contribution in [3.63, 3.8) is 0 Å². The van der Waals surface area contributed by atoms with Gasteiger partial charge in [0, 0.05) is 35.9 Å². The van der Waals surface area contributed by atoms with Gasteiger partial charge in [0.2, 0.25) is 5.91 Å². The monoisotopic (exact) mass is 321 g/mol. The lowest BCUT2D eigenvalue weighted by molar-refractivity contribution is -0.143. The quantitative estimate of drug-likeness (QED) is 0.657. The van der Waals surface area contributed by atoms with Crippen LogP contribution in [0.3, 0.4) is 0 Å². The second-order valence-corrected chi connectivity index (χ2v) is 7.38. The van der Waals surface area contributed by atoms with E-state index in [9.17, 15) is 13.8 Å². The lowest BCUT2D eigenvalue weighted by atomic mass is 10.1. The molecule has 1 aromatic carbocycles. The van der Waals surface area contributed by atoms with Crippen molar-refractivity contribution in [2.75, 3.05) is 18.8 Å². The number of carbonyl (C=O) groups is 2. The molecule has 1 aliphatic rings. The standard InChI is InChI=1S/C17H23NO3S/c1-2-3-11-22(21)16(14-7-5-4-6-8-14)12-15(19)13-18-10-9-17(18)20/h4-8,16H,2-3,9-13H2,1H3. The third-order valence-corrected chi connectivity index (χ3v) is 5.68. The Balaban J connectivity index is 2.02. The summed E-state index contributed by atoms with van der Waals surface area (Å²) in [5, 5.41) is -0.267. The summed E-state index contributed by atoms with van der Waals surface area (Å²) in [5.41, 5.74) is 0.945. The van der Waals surface area contributed by atoms with Gasteiger partial charge in [-0.3, -0.25) is 13.8 Å². The lowest BCUT2D eigenvalue weighted by Gasteiger charge is -2.30. The number of hydrogen-bond acceptors (Lipinski definition) is 3. The summed E-state index contributed by atoms with van der Waals surface area (Å²) in [5.74, 6) is 0.648. The van der Waals surface area contributed by atoms with Crippen molar-refractivity contribution in [2.24, 2.45) is 0 Å². The van der Waals surface area contributed by atoms with Crippen molar-refractivity contribution in [3.05, 3.63) is 35.9 Å². The summed E-state index contributed by atoms with van der Waals surface area (Å²) >= 11 is 0. The smallest absolute Gasteiger partial charge is 0.224 e. The van der Waals surface area contributed by atoms with E-state index >= 15 is 0 Å². The average Bonchev–Trinajstić information content (AvgIpc) is 2.54. The van der Waals surface area contributed by atoms with Crippen LogP contribution in [-0.2, 0) is 20.4 Å². The molecule has 0 saturated carbocycles. The van der Waals surface area contributed by atoms with Gasteiger partial charge in [-0.2, -0.15) is 0 Å². The number of β-lactam (4-membered cyclic amide) rings is 1. The van der Waals surface area contributed by atoms with Crippen molar-refractivity contribution in [1.82, 2.24) is 4.90 Å². The summed E-state index contributed by atoms with van der Waals surface area (Å²) in [7, 11) is -1.06. The zero-order valence-corrected chi connectivity index (χ0v) is 13.8. The Morgan fingerprint density at radius 2 is 2.05 bits per heavy atom. The van der Waals surface area contributed by atoms with E-state index in [4.69, 9.17) is 0 Å². The van der Waals surface area contributed by atoms with Crippen LogP contribution in [0.5, 0.6) is 0 Å². The average molecular weight is 321 g/mol. The number of Topliss-reactive ketones (excluding diaryl/α,β-unsaturated/α-hetero) is 1. The van der Waals surface area contributed by atoms with Gasteiger partial charge >= 0.3 is 0 Å². The molecule has 1 heterocycles. The molecule has 0 bridgehead atoms. The molecule has 0 aliphatic carbocycles. The van der Waals surface area contributed by atoms with E-state index in [0.717, 1.165) is 18.4 Å². The molecule has 0 spiro atoms. The molecule has 1 fully saturated rings. The summed E-state index contributed by atoms with van der Waals surface area (Å²) in [6, 6.07) is 9.58. The predicted molar refractivity (Wildman–Crippen MR) is 87.9 cm³/mol. The van der Waals surface area contributed by atoms with Gasteiger partial charge in [-0.15, -0.1) is 0 Å². The summed E-state index contributed by atoms with van der Waals surface area (Å²) in [6.45, 7) is 2.89. The van der Waals surface area contributed by atoms with Crippen LogP contribution in [0.15, 0.2) is 30.3 Å². The SMILES string of the molecule is CCCCS(=O)C(CC(=O)CN1CCC1=O)c1ccccc1. The first kappa shape index (κ1) is 16.9. The van der Waals surface area contributed by atoms with E-state index in [1.54, 1.807) is 4.90 Å². The highest BCUT2D eigenvalue weighted by molar-refractivity contribution is 7.85. The van der Waals surface area contributed by atoms with Gasteiger partial charge < -0.3 is 4.90 Å². The molecular weight excluding hydrogens is 298 g/mol. The van der Waals surface area contributed by atoms with E-state index in [1.807, 2.05) is 30.3 Å². The molecule has 2 atom stereocenters. The molecule has 1 aromatic rings. The van der Waals surface area contributed by atoms with Crippen LogP contribution in [0.4, 0.5) is 0 Å². The van der Waals surface area contributed by atoms with Crippen LogP contribution in [0, 0.1) is 0 Å². The topological polar surface area (TPSA) is 54.5 Å². The van der Waals surface area contributed by atoms with Gasteiger partial charge in [-0.05, 0) is 12.0 Å². The van der Waals surface area contributed by atoms with E-state index in [2.05, 4.69) is 6.92 Å². The van der Waals surface area contributed by atoms with Crippen LogP contribution in [0.25, 0.3) is 0 Å². The molecule has 0 radical (unpaired) electrons. The molecule has 5 heteroatoms. The minimum Gasteiger partial charge on any atom is -0.335 e. The van der Waals surface area contributed by atoms with Gasteiger partial charge in [0.25, 0.3) is 0 Å². The van der Waals surface area contributed by atoms with Crippen molar-refractivity contribution in [1.29, 1.82) is 0 Å². The van der Waals surface area contributed by atoms with Crippen LogP contribution >= 0.6 is 0 Å². The Morgan fingerprint density at radius 1 is 1.32 bits per heavy atom. The minimum absolute atomic E-state index is 0.00764. The summed E-state index contributed by atoms with van der Waals surface area (Å²) in [4.78, 5) is 25.1. The first-order chi connectivity index (χ1) is 10.6. The van der Waals surface area contributed by atoms with Crippen LogP contribution < -0.4 is 0 Å². The molecule has 1 aliphatic heterocycles.